The van der Waals surface area contributed by atoms with Gasteiger partial charge in [0.05, 0.1) is 11.3 Å². The minimum Gasteiger partial charge on any atom is -0.355 e. The second kappa shape index (κ2) is 8.55. The third-order valence-electron chi connectivity index (χ3n) is 6.00. The van der Waals surface area contributed by atoms with Crippen LogP contribution in [0.3, 0.4) is 0 Å². The van der Waals surface area contributed by atoms with Crippen molar-refractivity contribution in [2.45, 2.75) is 70.8 Å². The Labute approximate surface area is 165 Å². The number of thiophene rings is 1. The van der Waals surface area contributed by atoms with E-state index in [1.165, 1.54) is 30.6 Å². The Morgan fingerprint density at radius 1 is 1.19 bits per heavy atom. The van der Waals surface area contributed by atoms with Crippen LogP contribution in [0, 0.1) is 5.92 Å². The molecule has 2 fully saturated rings. The fourth-order valence-electron chi connectivity index (χ4n) is 4.45. The molecule has 6 heteroatoms. The fourth-order valence-corrected chi connectivity index (χ4v) is 5.37. The van der Waals surface area contributed by atoms with Gasteiger partial charge in [0.25, 0.3) is 0 Å². The minimum atomic E-state index is 0.0660. The predicted octanol–water partition coefficient (Wildman–Crippen LogP) is 4.31. The van der Waals surface area contributed by atoms with Crippen LogP contribution in [0.1, 0.15) is 63.2 Å². The number of hydrogen-bond donors (Lipinski definition) is 1. The Morgan fingerprint density at radius 2 is 2.00 bits per heavy atom. The molecule has 2 aromatic heterocycles. The molecule has 2 aliphatic rings. The first-order chi connectivity index (χ1) is 13.2. The lowest BCUT2D eigenvalue weighted by Crippen LogP contribution is -2.46. The first kappa shape index (κ1) is 18.7. The molecule has 146 valence electrons. The van der Waals surface area contributed by atoms with Crippen LogP contribution >= 0.6 is 11.3 Å². The second-order valence-corrected chi connectivity index (χ2v) is 9.08. The number of piperidine rings is 1. The van der Waals surface area contributed by atoms with Gasteiger partial charge in [-0.1, -0.05) is 32.6 Å². The van der Waals surface area contributed by atoms with Crippen molar-refractivity contribution in [2.75, 3.05) is 18.0 Å². The Morgan fingerprint density at radius 3 is 2.78 bits per heavy atom. The summed E-state index contributed by atoms with van der Waals surface area (Å²) in [4.78, 5) is 26.6. The van der Waals surface area contributed by atoms with Crippen LogP contribution in [0.15, 0.2) is 12.4 Å². The van der Waals surface area contributed by atoms with E-state index in [1.807, 2.05) is 0 Å². The van der Waals surface area contributed by atoms with Gasteiger partial charge in [0.2, 0.25) is 5.91 Å². The summed E-state index contributed by atoms with van der Waals surface area (Å²) in [6.07, 6.45) is 12.1. The number of nitrogens with one attached hydrogen (secondary N) is 1. The Hall–Kier alpha value is -1.69. The second-order valence-electron chi connectivity index (χ2n) is 7.96. The number of rotatable bonds is 4. The number of hydrogen-bond acceptors (Lipinski definition) is 5. The molecular weight excluding hydrogens is 356 g/mol. The standard InChI is InChI=1S/C21H30N4OS/c1-2-17-12-18-19(22-14-23-21(18)27-17)25-11-7-8-15(13-25)20(26)24-16-9-5-3-4-6-10-16/h12,14-16H,2-11,13H2,1H3,(H,24,26)/t15-/m0/s1. The molecule has 1 saturated carbocycles. The quantitative estimate of drug-likeness (QED) is 0.796. The van der Waals surface area contributed by atoms with Crippen molar-refractivity contribution < 1.29 is 4.79 Å². The van der Waals surface area contributed by atoms with E-state index in [-0.39, 0.29) is 11.8 Å². The number of anilines is 1. The molecule has 0 bridgehead atoms. The number of carbonyl (C=O) groups excluding carboxylic acids is 1. The van der Waals surface area contributed by atoms with Gasteiger partial charge in [-0.2, -0.15) is 0 Å². The van der Waals surface area contributed by atoms with Crippen LogP contribution in [-0.4, -0.2) is 35.0 Å². The molecule has 1 aliphatic heterocycles. The number of fused-ring (bicyclic) bond motifs is 1. The maximum atomic E-state index is 12.9. The van der Waals surface area contributed by atoms with E-state index in [0.29, 0.717) is 6.04 Å². The lowest BCUT2D eigenvalue weighted by molar-refractivity contribution is -0.126. The normalized spacial score (nSPS) is 22.0. The summed E-state index contributed by atoms with van der Waals surface area (Å²) in [7, 11) is 0. The smallest absolute Gasteiger partial charge is 0.225 e. The zero-order chi connectivity index (χ0) is 18.6. The van der Waals surface area contributed by atoms with E-state index in [0.717, 1.165) is 61.2 Å². The highest BCUT2D eigenvalue weighted by Gasteiger charge is 2.29. The van der Waals surface area contributed by atoms with Gasteiger partial charge in [0.1, 0.15) is 17.0 Å². The summed E-state index contributed by atoms with van der Waals surface area (Å²) >= 11 is 1.75. The van der Waals surface area contributed by atoms with Gasteiger partial charge in [0, 0.05) is 24.0 Å². The average Bonchev–Trinajstić information content (AvgIpc) is 2.97. The highest BCUT2D eigenvalue weighted by Crippen LogP contribution is 2.32. The van der Waals surface area contributed by atoms with Crippen molar-refractivity contribution >= 4 is 33.3 Å². The lowest BCUT2D eigenvalue weighted by atomic mass is 9.96. The molecule has 27 heavy (non-hydrogen) atoms. The van der Waals surface area contributed by atoms with Crippen molar-refractivity contribution in [3.63, 3.8) is 0 Å². The molecule has 1 atom stereocenters. The maximum Gasteiger partial charge on any atom is 0.225 e. The van der Waals surface area contributed by atoms with E-state index in [4.69, 9.17) is 0 Å². The van der Waals surface area contributed by atoms with E-state index in [1.54, 1.807) is 17.7 Å². The van der Waals surface area contributed by atoms with Gasteiger partial charge in [0.15, 0.2) is 0 Å². The summed E-state index contributed by atoms with van der Waals surface area (Å²) in [5.74, 6) is 1.32. The number of aromatic nitrogens is 2. The van der Waals surface area contributed by atoms with E-state index in [2.05, 4.69) is 33.2 Å². The van der Waals surface area contributed by atoms with Crippen molar-refractivity contribution in [1.82, 2.24) is 15.3 Å². The Kier molecular flexibility index (Phi) is 5.91. The molecule has 0 radical (unpaired) electrons. The molecule has 0 spiro atoms. The molecule has 4 rings (SSSR count). The first-order valence-electron chi connectivity index (χ1n) is 10.5. The summed E-state index contributed by atoms with van der Waals surface area (Å²) in [6.45, 7) is 3.91. The number of nitrogens with zero attached hydrogens (tertiary/aromatic N) is 3. The van der Waals surface area contributed by atoms with Crippen molar-refractivity contribution in [1.29, 1.82) is 0 Å². The molecular formula is C21H30N4OS. The summed E-state index contributed by atoms with van der Waals surface area (Å²) in [5.41, 5.74) is 0. The highest BCUT2D eigenvalue weighted by molar-refractivity contribution is 7.18. The van der Waals surface area contributed by atoms with Gasteiger partial charge >= 0.3 is 0 Å². The zero-order valence-electron chi connectivity index (χ0n) is 16.2. The molecule has 0 unspecified atom stereocenters. The molecule has 1 N–H and O–H groups in total. The molecule has 0 aromatic carbocycles. The summed E-state index contributed by atoms with van der Waals surface area (Å²) in [6, 6.07) is 2.61. The Bertz CT molecular complexity index is 782. The molecule has 5 nitrogen and oxygen atoms in total. The molecule has 1 amide bonds. The number of amides is 1. The highest BCUT2D eigenvalue weighted by atomic mass is 32.1. The van der Waals surface area contributed by atoms with Gasteiger partial charge in [-0.15, -0.1) is 11.3 Å². The van der Waals surface area contributed by atoms with Gasteiger partial charge in [-0.25, -0.2) is 9.97 Å². The third-order valence-corrected chi connectivity index (χ3v) is 7.19. The van der Waals surface area contributed by atoms with Crippen LogP contribution in [0.25, 0.3) is 10.2 Å². The third kappa shape index (κ3) is 4.26. The van der Waals surface area contributed by atoms with Crippen LogP contribution in [0.2, 0.25) is 0 Å². The monoisotopic (exact) mass is 386 g/mol. The van der Waals surface area contributed by atoms with Crippen LogP contribution in [0.4, 0.5) is 5.82 Å². The summed E-state index contributed by atoms with van der Waals surface area (Å²) < 4.78 is 0. The SMILES string of the molecule is CCc1cc2c(N3CCC[C@H](C(=O)NC4CCCCCC4)C3)ncnc2s1. The Balaban J connectivity index is 1.46. The van der Waals surface area contributed by atoms with Gasteiger partial charge in [-0.3, -0.25) is 4.79 Å². The van der Waals surface area contributed by atoms with Gasteiger partial charge in [-0.05, 0) is 38.2 Å². The molecule has 1 aliphatic carbocycles. The fraction of sp³-hybridized carbons (Fsp3) is 0.667. The zero-order valence-corrected chi connectivity index (χ0v) is 17.1. The summed E-state index contributed by atoms with van der Waals surface area (Å²) in [5, 5.41) is 4.50. The van der Waals surface area contributed by atoms with E-state index < -0.39 is 0 Å². The van der Waals surface area contributed by atoms with E-state index >= 15 is 0 Å². The number of carbonyl (C=O) groups is 1. The maximum absolute atomic E-state index is 12.9. The van der Waals surface area contributed by atoms with Gasteiger partial charge < -0.3 is 10.2 Å². The van der Waals surface area contributed by atoms with Crippen molar-refractivity contribution in [3.05, 3.63) is 17.3 Å². The minimum absolute atomic E-state index is 0.0660. The van der Waals surface area contributed by atoms with Crippen LogP contribution in [0.5, 0.6) is 0 Å². The van der Waals surface area contributed by atoms with Crippen LogP contribution < -0.4 is 10.2 Å². The van der Waals surface area contributed by atoms with E-state index in [9.17, 15) is 4.79 Å². The van der Waals surface area contributed by atoms with Crippen molar-refractivity contribution in [2.24, 2.45) is 5.92 Å². The largest absolute Gasteiger partial charge is 0.355 e. The van der Waals surface area contributed by atoms with Crippen molar-refractivity contribution in [3.8, 4) is 0 Å². The lowest BCUT2D eigenvalue weighted by Gasteiger charge is -2.33. The molecule has 3 heterocycles. The topological polar surface area (TPSA) is 58.1 Å². The number of aryl methyl sites for hydroxylation is 1. The molecule has 2 aromatic rings. The first-order valence-corrected chi connectivity index (χ1v) is 11.3. The molecule has 1 saturated heterocycles. The predicted molar refractivity (Wildman–Crippen MR) is 111 cm³/mol. The van der Waals surface area contributed by atoms with Crippen LogP contribution in [-0.2, 0) is 11.2 Å². The average molecular weight is 387 g/mol.